The summed E-state index contributed by atoms with van der Waals surface area (Å²) >= 11 is 1.27. The zero-order valence-electron chi connectivity index (χ0n) is 11.6. The maximum absolute atomic E-state index is 12.1. The Morgan fingerprint density at radius 2 is 2.25 bits per heavy atom. The zero-order valence-corrected chi connectivity index (χ0v) is 12.4. The average Bonchev–Trinajstić information content (AvgIpc) is 2.95. The van der Waals surface area contributed by atoms with E-state index in [9.17, 15) is 9.59 Å². The van der Waals surface area contributed by atoms with Gasteiger partial charge in [-0.25, -0.2) is 9.59 Å². The molecule has 0 saturated carbocycles. The number of aliphatic hydroxyl groups is 1. The number of carbonyl (C=O) groups excluding carboxylic acids is 2. The Labute approximate surface area is 121 Å². The Bertz CT molecular complexity index is 514. The number of nitrogens with zero attached hydrogens (tertiary/aromatic N) is 2. The molecular formula is C13H18N2O4S. The lowest BCUT2D eigenvalue weighted by atomic mass is 10.3. The van der Waals surface area contributed by atoms with E-state index in [4.69, 9.17) is 9.84 Å². The van der Waals surface area contributed by atoms with Crippen molar-refractivity contribution in [1.82, 2.24) is 4.90 Å². The molecule has 0 spiro atoms. The number of esters is 1. The predicted octanol–water partition coefficient (Wildman–Crippen LogP) is 1.47. The molecular weight excluding hydrogens is 280 g/mol. The number of hydrogen-bond donors (Lipinski definition) is 1. The largest absolute Gasteiger partial charge is 0.462 e. The number of β-amino-alcohol motifs (C(OH)–C–C–N with tert-alkyl or cyclic N) is 1. The van der Waals surface area contributed by atoms with E-state index in [2.05, 4.69) is 0 Å². The van der Waals surface area contributed by atoms with Gasteiger partial charge in [0.15, 0.2) is 0 Å². The van der Waals surface area contributed by atoms with Crippen molar-refractivity contribution in [2.75, 3.05) is 37.7 Å². The number of anilines is 1. The molecule has 1 fully saturated rings. The molecule has 6 nitrogen and oxygen atoms in total. The van der Waals surface area contributed by atoms with Gasteiger partial charge >= 0.3 is 12.0 Å². The van der Waals surface area contributed by atoms with Gasteiger partial charge in [0.25, 0.3) is 0 Å². The summed E-state index contributed by atoms with van der Waals surface area (Å²) in [6, 6.07) is 1.70. The van der Waals surface area contributed by atoms with Crippen molar-refractivity contribution in [3.63, 3.8) is 0 Å². The molecule has 1 aliphatic rings. The number of hydrogen-bond acceptors (Lipinski definition) is 5. The first kappa shape index (κ1) is 14.8. The number of aryl methyl sites for hydroxylation is 1. The van der Waals surface area contributed by atoms with Crippen LogP contribution in [-0.2, 0) is 4.74 Å². The van der Waals surface area contributed by atoms with Crippen LogP contribution in [-0.4, -0.2) is 54.9 Å². The first-order valence-electron chi connectivity index (χ1n) is 6.53. The fraction of sp³-hybridized carbons (Fsp3) is 0.538. The number of rotatable bonds is 5. The third-order valence-electron chi connectivity index (χ3n) is 3.10. The summed E-state index contributed by atoms with van der Waals surface area (Å²) in [5.41, 5.74) is 0.817. The number of thiophene rings is 1. The van der Waals surface area contributed by atoms with Crippen molar-refractivity contribution in [3.05, 3.63) is 16.5 Å². The Morgan fingerprint density at radius 1 is 1.50 bits per heavy atom. The van der Waals surface area contributed by atoms with Crippen LogP contribution in [0.3, 0.4) is 0 Å². The molecule has 0 atom stereocenters. The molecule has 2 rings (SSSR count). The highest BCUT2D eigenvalue weighted by molar-refractivity contribution is 7.18. The van der Waals surface area contributed by atoms with Gasteiger partial charge in [-0.2, -0.15) is 0 Å². The van der Waals surface area contributed by atoms with Crippen LogP contribution in [0.15, 0.2) is 6.07 Å². The Kier molecular flexibility index (Phi) is 4.61. The van der Waals surface area contributed by atoms with Crippen molar-refractivity contribution in [2.45, 2.75) is 13.8 Å². The van der Waals surface area contributed by atoms with E-state index in [0.717, 1.165) is 10.6 Å². The monoisotopic (exact) mass is 298 g/mol. The van der Waals surface area contributed by atoms with E-state index in [1.807, 2.05) is 13.0 Å². The first-order chi connectivity index (χ1) is 9.58. The summed E-state index contributed by atoms with van der Waals surface area (Å²) in [6.07, 6.45) is 0. The summed E-state index contributed by atoms with van der Waals surface area (Å²) in [5, 5.41) is 9.66. The van der Waals surface area contributed by atoms with Gasteiger partial charge in [-0.3, -0.25) is 4.90 Å². The van der Waals surface area contributed by atoms with Crippen molar-refractivity contribution >= 4 is 28.3 Å². The van der Waals surface area contributed by atoms with Crippen LogP contribution in [0.1, 0.15) is 22.2 Å². The molecule has 7 heteroatoms. The Hall–Kier alpha value is -1.60. The van der Waals surface area contributed by atoms with Gasteiger partial charge in [0.2, 0.25) is 0 Å². The molecule has 1 aromatic heterocycles. The number of amides is 2. The topological polar surface area (TPSA) is 70.1 Å². The average molecular weight is 298 g/mol. The lowest BCUT2D eigenvalue weighted by Gasteiger charge is -2.16. The fourth-order valence-electron chi connectivity index (χ4n) is 2.11. The highest BCUT2D eigenvalue weighted by atomic mass is 32.1. The number of aliphatic hydroxyl groups excluding tert-OH is 1. The highest BCUT2D eigenvalue weighted by Gasteiger charge is 2.31. The van der Waals surface area contributed by atoms with E-state index >= 15 is 0 Å². The summed E-state index contributed by atoms with van der Waals surface area (Å²) in [7, 11) is 0. The molecule has 2 heterocycles. The zero-order chi connectivity index (χ0) is 14.7. The van der Waals surface area contributed by atoms with Gasteiger partial charge in [-0.1, -0.05) is 0 Å². The smallest absolute Gasteiger partial charge is 0.348 e. The van der Waals surface area contributed by atoms with Gasteiger partial charge < -0.3 is 14.7 Å². The van der Waals surface area contributed by atoms with E-state index in [1.54, 1.807) is 16.7 Å². The number of ether oxygens (including phenoxy) is 1. The van der Waals surface area contributed by atoms with Gasteiger partial charge in [0, 0.05) is 19.6 Å². The fourth-order valence-corrected chi connectivity index (χ4v) is 3.20. The van der Waals surface area contributed by atoms with Crippen LogP contribution in [0.25, 0.3) is 0 Å². The minimum Gasteiger partial charge on any atom is -0.462 e. The van der Waals surface area contributed by atoms with E-state index < -0.39 is 0 Å². The van der Waals surface area contributed by atoms with Crippen molar-refractivity contribution in [2.24, 2.45) is 0 Å². The second-order valence-corrected chi connectivity index (χ2v) is 5.49. The van der Waals surface area contributed by atoms with Gasteiger partial charge in [0.1, 0.15) is 9.88 Å². The second kappa shape index (κ2) is 6.23. The predicted molar refractivity (Wildman–Crippen MR) is 76.4 cm³/mol. The van der Waals surface area contributed by atoms with Crippen molar-refractivity contribution in [3.8, 4) is 0 Å². The quantitative estimate of drug-likeness (QED) is 0.836. The van der Waals surface area contributed by atoms with Crippen molar-refractivity contribution in [1.29, 1.82) is 0 Å². The number of carbonyl (C=O) groups is 2. The third kappa shape index (κ3) is 2.78. The molecule has 2 amide bonds. The van der Waals surface area contributed by atoms with Crippen LogP contribution in [0, 0.1) is 6.92 Å². The summed E-state index contributed by atoms with van der Waals surface area (Å²) in [6.45, 7) is 5.38. The lowest BCUT2D eigenvalue weighted by molar-refractivity contribution is 0.0531. The van der Waals surface area contributed by atoms with E-state index in [0.29, 0.717) is 31.1 Å². The minimum absolute atomic E-state index is 0.0445. The molecule has 0 radical (unpaired) electrons. The van der Waals surface area contributed by atoms with Crippen LogP contribution >= 0.6 is 11.3 Å². The van der Waals surface area contributed by atoms with E-state index in [-0.39, 0.29) is 18.6 Å². The third-order valence-corrected chi connectivity index (χ3v) is 4.34. The number of urea groups is 1. The molecule has 1 aliphatic heterocycles. The molecule has 1 N–H and O–H groups in total. The van der Waals surface area contributed by atoms with Gasteiger partial charge in [0.05, 0.1) is 13.2 Å². The lowest BCUT2D eigenvalue weighted by Crippen LogP contribution is -2.33. The summed E-state index contributed by atoms with van der Waals surface area (Å²) < 4.78 is 5.00. The van der Waals surface area contributed by atoms with Gasteiger partial charge in [-0.15, -0.1) is 11.3 Å². The molecule has 20 heavy (non-hydrogen) atoms. The normalized spacial score (nSPS) is 15.1. The highest BCUT2D eigenvalue weighted by Crippen LogP contribution is 2.32. The Morgan fingerprint density at radius 3 is 2.90 bits per heavy atom. The van der Waals surface area contributed by atoms with E-state index in [1.165, 1.54) is 11.3 Å². The maximum atomic E-state index is 12.1. The molecule has 110 valence electrons. The van der Waals surface area contributed by atoms with Crippen LogP contribution in [0.5, 0.6) is 0 Å². The SMILES string of the molecule is CCOC(=O)c1sc(N2CCN(CCO)C2=O)cc1C. The van der Waals surface area contributed by atoms with Crippen LogP contribution in [0.4, 0.5) is 9.80 Å². The molecule has 0 aromatic carbocycles. The standard InChI is InChI=1S/C13H18N2O4S/c1-3-19-12(17)11-9(2)8-10(20-11)15-5-4-14(6-7-16)13(15)18/h8,16H,3-7H2,1-2H3. The van der Waals surface area contributed by atoms with Crippen molar-refractivity contribution < 1.29 is 19.4 Å². The van der Waals surface area contributed by atoms with Crippen LogP contribution in [0.2, 0.25) is 0 Å². The molecule has 0 aliphatic carbocycles. The molecule has 1 aromatic rings. The molecule has 0 bridgehead atoms. The Balaban J connectivity index is 2.16. The second-order valence-electron chi connectivity index (χ2n) is 4.46. The molecule has 0 unspecified atom stereocenters. The minimum atomic E-state index is -0.347. The maximum Gasteiger partial charge on any atom is 0.348 e. The van der Waals surface area contributed by atoms with Crippen LogP contribution < -0.4 is 4.90 Å². The molecule has 1 saturated heterocycles. The summed E-state index contributed by atoms with van der Waals surface area (Å²) in [4.78, 5) is 27.7. The van der Waals surface area contributed by atoms with Gasteiger partial charge in [-0.05, 0) is 25.5 Å². The summed E-state index contributed by atoms with van der Waals surface area (Å²) in [5.74, 6) is -0.347. The first-order valence-corrected chi connectivity index (χ1v) is 7.35.